The first kappa shape index (κ1) is 13.5. The molecule has 102 valence electrons. The lowest BCUT2D eigenvalue weighted by Gasteiger charge is -2.05. The Morgan fingerprint density at radius 1 is 1.10 bits per heavy atom. The van der Waals surface area contributed by atoms with Gasteiger partial charge in [0.1, 0.15) is 5.75 Å². The number of hydrogen-bond acceptors (Lipinski definition) is 4. The molecule has 0 unspecified atom stereocenters. The first-order valence-electron chi connectivity index (χ1n) is 5.87. The van der Waals surface area contributed by atoms with Gasteiger partial charge in [-0.3, -0.25) is 14.9 Å². The van der Waals surface area contributed by atoms with Crippen LogP contribution in [0.4, 0.5) is 5.69 Å². The van der Waals surface area contributed by atoms with Gasteiger partial charge in [0.25, 0.3) is 11.6 Å². The number of aromatic hydroxyl groups is 1. The van der Waals surface area contributed by atoms with E-state index in [9.17, 15) is 14.9 Å². The van der Waals surface area contributed by atoms with Crippen LogP contribution in [-0.4, -0.2) is 15.9 Å². The summed E-state index contributed by atoms with van der Waals surface area (Å²) in [6.45, 7) is 0.276. The van der Waals surface area contributed by atoms with E-state index in [0.717, 1.165) is 5.56 Å². The summed E-state index contributed by atoms with van der Waals surface area (Å²) in [5.74, 6) is -0.180. The molecule has 0 aromatic heterocycles. The van der Waals surface area contributed by atoms with Gasteiger partial charge >= 0.3 is 0 Å². The van der Waals surface area contributed by atoms with E-state index in [1.54, 1.807) is 12.1 Å². The molecule has 0 bridgehead atoms. The van der Waals surface area contributed by atoms with Crippen LogP contribution in [0.5, 0.6) is 5.75 Å². The summed E-state index contributed by atoms with van der Waals surface area (Å²) in [4.78, 5) is 21.8. The zero-order valence-electron chi connectivity index (χ0n) is 10.4. The Hall–Kier alpha value is -2.89. The lowest BCUT2D eigenvalue weighted by molar-refractivity contribution is -0.384. The quantitative estimate of drug-likeness (QED) is 0.659. The highest BCUT2D eigenvalue weighted by Crippen LogP contribution is 2.12. The summed E-state index contributed by atoms with van der Waals surface area (Å²) in [7, 11) is 0. The number of benzene rings is 2. The van der Waals surface area contributed by atoms with Gasteiger partial charge in [-0.05, 0) is 29.8 Å². The predicted molar refractivity (Wildman–Crippen MR) is 72.4 cm³/mol. The van der Waals surface area contributed by atoms with Gasteiger partial charge < -0.3 is 10.4 Å². The second-order valence-corrected chi connectivity index (χ2v) is 4.15. The molecular weight excluding hydrogens is 260 g/mol. The molecule has 0 fully saturated rings. The Labute approximate surface area is 114 Å². The average Bonchev–Trinajstić information content (AvgIpc) is 2.46. The minimum Gasteiger partial charge on any atom is -0.508 e. The van der Waals surface area contributed by atoms with Gasteiger partial charge in [-0.25, -0.2) is 0 Å². The van der Waals surface area contributed by atoms with E-state index in [1.165, 1.54) is 36.4 Å². The number of non-ortho nitro benzene ring substituents is 1. The number of rotatable bonds is 4. The number of phenols is 1. The number of nitro benzene ring substituents is 1. The predicted octanol–water partition coefficient (Wildman–Crippen LogP) is 2.23. The van der Waals surface area contributed by atoms with Crippen molar-refractivity contribution >= 4 is 11.6 Å². The molecule has 0 heterocycles. The van der Waals surface area contributed by atoms with Crippen molar-refractivity contribution in [3.8, 4) is 5.75 Å². The third-order valence-electron chi connectivity index (χ3n) is 2.73. The molecule has 20 heavy (non-hydrogen) atoms. The Kier molecular flexibility index (Phi) is 3.95. The van der Waals surface area contributed by atoms with Crippen LogP contribution in [0.15, 0.2) is 48.5 Å². The standard InChI is InChI=1S/C14H12N2O4/c17-13-7-3-11(4-8-13)14(18)15-9-10-1-5-12(6-2-10)16(19)20/h1-8,17H,9H2,(H,15,18). The first-order chi connectivity index (χ1) is 9.56. The van der Waals surface area contributed by atoms with E-state index in [2.05, 4.69) is 5.32 Å². The lowest BCUT2D eigenvalue weighted by atomic mass is 10.2. The minimum atomic E-state index is -0.473. The Morgan fingerprint density at radius 2 is 1.70 bits per heavy atom. The van der Waals surface area contributed by atoms with Gasteiger partial charge in [0, 0.05) is 24.2 Å². The molecule has 2 aromatic carbocycles. The maximum Gasteiger partial charge on any atom is 0.269 e. The van der Waals surface area contributed by atoms with Gasteiger partial charge in [0.15, 0.2) is 0 Å². The van der Waals surface area contributed by atoms with Crippen LogP contribution in [0, 0.1) is 10.1 Å². The number of amides is 1. The number of nitrogens with one attached hydrogen (secondary N) is 1. The van der Waals surface area contributed by atoms with Gasteiger partial charge in [-0.2, -0.15) is 0 Å². The largest absolute Gasteiger partial charge is 0.508 e. The van der Waals surface area contributed by atoms with Crippen LogP contribution in [0.3, 0.4) is 0 Å². The van der Waals surface area contributed by atoms with E-state index in [-0.39, 0.29) is 23.9 Å². The van der Waals surface area contributed by atoms with Gasteiger partial charge in [-0.15, -0.1) is 0 Å². The van der Waals surface area contributed by atoms with E-state index in [0.29, 0.717) is 5.56 Å². The molecule has 0 spiro atoms. The van der Waals surface area contributed by atoms with Gasteiger partial charge in [-0.1, -0.05) is 12.1 Å². The van der Waals surface area contributed by atoms with Crippen LogP contribution in [-0.2, 0) is 6.54 Å². The topological polar surface area (TPSA) is 92.5 Å². The Balaban J connectivity index is 1.96. The molecule has 2 N–H and O–H groups in total. The third-order valence-corrected chi connectivity index (χ3v) is 2.73. The van der Waals surface area contributed by atoms with Crippen LogP contribution in [0.2, 0.25) is 0 Å². The number of nitrogens with zero attached hydrogens (tertiary/aromatic N) is 1. The summed E-state index contributed by atoms with van der Waals surface area (Å²) >= 11 is 0. The Morgan fingerprint density at radius 3 is 2.25 bits per heavy atom. The van der Waals surface area contributed by atoms with Crippen molar-refractivity contribution in [2.24, 2.45) is 0 Å². The SMILES string of the molecule is O=C(NCc1ccc([N+](=O)[O-])cc1)c1ccc(O)cc1. The van der Waals surface area contributed by atoms with Crippen molar-refractivity contribution in [3.63, 3.8) is 0 Å². The van der Waals surface area contributed by atoms with E-state index >= 15 is 0 Å². The highest BCUT2D eigenvalue weighted by molar-refractivity contribution is 5.94. The van der Waals surface area contributed by atoms with Gasteiger partial charge in [0.2, 0.25) is 0 Å². The number of hydrogen-bond donors (Lipinski definition) is 2. The molecule has 0 saturated heterocycles. The fraction of sp³-hybridized carbons (Fsp3) is 0.0714. The zero-order valence-corrected chi connectivity index (χ0v) is 10.4. The summed E-state index contributed by atoms with van der Waals surface area (Å²) in [5, 5.41) is 22.3. The van der Waals surface area contributed by atoms with E-state index in [4.69, 9.17) is 5.11 Å². The van der Waals surface area contributed by atoms with E-state index < -0.39 is 4.92 Å². The van der Waals surface area contributed by atoms with Crippen molar-refractivity contribution in [1.82, 2.24) is 5.32 Å². The molecular formula is C14H12N2O4. The van der Waals surface area contributed by atoms with Crippen LogP contribution in [0.1, 0.15) is 15.9 Å². The lowest BCUT2D eigenvalue weighted by Crippen LogP contribution is -2.22. The third kappa shape index (κ3) is 3.32. The van der Waals surface area contributed by atoms with Crippen molar-refractivity contribution < 1.29 is 14.8 Å². The highest BCUT2D eigenvalue weighted by atomic mass is 16.6. The minimum absolute atomic E-state index is 0.0126. The van der Waals surface area contributed by atoms with Crippen molar-refractivity contribution in [2.75, 3.05) is 0 Å². The van der Waals surface area contributed by atoms with Crippen molar-refractivity contribution in [2.45, 2.75) is 6.54 Å². The number of carbonyl (C=O) groups is 1. The number of carbonyl (C=O) groups excluding carboxylic acids is 1. The first-order valence-corrected chi connectivity index (χ1v) is 5.87. The molecule has 0 radical (unpaired) electrons. The van der Waals surface area contributed by atoms with Crippen molar-refractivity contribution in [1.29, 1.82) is 0 Å². The van der Waals surface area contributed by atoms with Crippen molar-refractivity contribution in [3.05, 3.63) is 69.8 Å². The summed E-state index contributed by atoms with van der Waals surface area (Å²) in [6.07, 6.45) is 0. The fourth-order valence-corrected chi connectivity index (χ4v) is 1.63. The maximum atomic E-state index is 11.8. The second kappa shape index (κ2) is 5.83. The van der Waals surface area contributed by atoms with Crippen LogP contribution < -0.4 is 5.32 Å². The molecule has 0 aliphatic heterocycles. The summed E-state index contributed by atoms with van der Waals surface area (Å²) in [6, 6.07) is 11.9. The number of phenolic OH excluding ortho intramolecular Hbond substituents is 1. The summed E-state index contributed by atoms with van der Waals surface area (Å²) < 4.78 is 0. The molecule has 6 nitrogen and oxygen atoms in total. The maximum absolute atomic E-state index is 11.8. The van der Waals surface area contributed by atoms with Crippen LogP contribution in [0.25, 0.3) is 0 Å². The summed E-state index contributed by atoms with van der Waals surface area (Å²) in [5.41, 5.74) is 1.21. The normalized spacial score (nSPS) is 10.0. The molecule has 0 aliphatic rings. The van der Waals surface area contributed by atoms with Gasteiger partial charge in [0.05, 0.1) is 4.92 Å². The van der Waals surface area contributed by atoms with Crippen LogP contribution >= 0.6 is 0 Å². The highest BCUT2D eigenvalue weighted by Gasteiger charge is 2.07. The smallest absolute Gasteiger partial charge is 0.269 e. The van der Waals surface area contributed by atoms with E-state index in [1.807, 2.05) is 0 Å². The molecule has 0 saturated carbocycles. The second-order valence-electron chi connectivity index (χ2n) is 4.15. The molecule has 1 amide bonds. The molecule has 2 rings (SSSR count). The number of nitro groups is 1. The zero-order chi connectivity index (χ0) is 14.5. The monoisotopic (exact) mass is 272 g/mol. The molecule has 2 aromatic rings. The molecule has 0 atom stereocenters. The average molecular weight is 272 g/mol. The molecule has 6 heteroatoms. The fourth-order valence-electron chi connectivity index (χ4n) is 1.63. The Bertz CT molecular complexity index is 621. The molecule has 0 aliphatic carbocycles.